The van der Waals surface area contributed by atoms with Gasteiger partial charge in [0.15, 0.2) is 0 Å². The molecule has 1 aliphatic carbocycles. The molecule has 4 heteroatoms. The highest BCUT2D eigenvalue weighted by molar-refractivity contribution is 5.27. The lowest BCUT2D eigenvalue weighted by atomic mass is 9.94. The molecule has 0 spiro atoms. The lowest BCUT2D eigenvalue weighted by Crippen LogP contribution is -2.23. The molecule has 0 bridgehead atoms. The van der Waals surface area contributed by atoms with Crippen molar-refractivity contribution in [2.45, 2.75) is 25.8 Å². The van der Waals surface area contributed by atoms with Crippen LogP contribution in [0.4, 0.5) is 0 Å². The maximum Gasteiger partial charge on any atom is 0.138 e. The summed E-state index contributed by atoms with van der Waals surface area (Å²) >= 11 is 0. The number of rotatable bonds is 5. The van der Waals surface area contributed by atoms with Gasteiger partial charge in [-0.15, -0.1) is 0 Å². The molecule has 104 valence electrons. The van der Waals surface area contributed by atoms with Gasteiger partial charge in [0.05, 0.1) is 0 Å². The Morgan fingerprint density at radius 2 is 2.30 bits per heavy atom. The van der Waals surface area contributed by atoms with Gasteiger partial charge in [0.25, 0.3) is 0 Å². The van der Waals surface area contributed by atoms with E-state index in [0.717, 1.165) is 24.8 Å². The van der Waals surface area contributed by atoms with Gasteiger partial charge in [-0.1, -0.05) is 12.2 Å². The third-order valence-corrected chi connectivity index (χ3v) is 3.72. The van der Waals surface area contributed by atoms with Crippen molar-refractivity contribution in [3.05, 3.63) is 54.8 Å². The van der Waals surface area contributed by atoms with Crippen LogP contribution in [0.2, 0.25) is 0 Å². The van der Waals surface area contributed by atoms with Gasteiger partial charge in [-0.2, -0.15) is 0 Å². The predicted molar refractivity (Wildman–Crippen MR) is 79.5 cm³/mol. The molecular weight excluding hydrogens is 248 g/mol. The summed E-state index contributed by atoms with van der Waals surface area (Å²) in [5.41, 5.74) is 1.26. The number of nitrogens with one attached hydrogen (secondary N) is 1. The van der Waals surface area contributed by atoms with Crippen molar-refractivity contribution in [1.29, 1.82) is 0 Å². The van der Waals surface area contributed by atoms with Gasteiger partial charge in [0.1, 0.15) is 12.1 Å². The zero-order valence-electron chi connectivity index (χ0n) is 11.6. The van der Waals surface area contributed by atoms with Crippen molar-refractivity contribution in [1.82, 2.24) is 19.9 Å². The Hall–Kier alpha value is -1.94. The highest BCUT2D eigenvalue weighted by Crippen LogP contribution is 2.17. The van der Waals surface area contributed by atoms with Crippen LogP contribution in [-0.4, -0.2) is 21.1 Å². The summed E-state index contributed by atoms with van der Waals surface area (Å²) in [6.45, 7) is 1.98. The average molecular weight is 268 g/mol. The van der Waals surface area contributed by atoms with Gasteiger partial charge in [0.2, 0.25) is 0 Å². The minimum absolute atomic E-state index is 0.787. The summed E-state index contributed by atoms with van der Waals surface area (Å²) < 4.78 is 1.93. The largest absolute Gasteiger partial charge is 0.312 e. The smallest absolute Gasteiger partial charge is 0.138 e. The standard InChI is InChI=1S/C16H20N4/c1-2-4-14(5-3-1)11-18-12-15-6-7-19-16(10-15)20-9-8-17-13-20/h1-2,6-10,13-14,18H,3-5,11-12H2/t14-/m1/s1. The first kappa shape index (κ1) is 13.1. The van der Waals surface area contributed by atoms with Crippen LogP contribution in [-0.2, 0) is 6.54 Å². The van der Waals surface area contributed by atoms with E-state index in [1.54, 1.807) is 12.5 Å². The monoisotopic (exact) mass is 268 g/mol. The first-order valence-electron chi connectivity index (χ1n) is 7.21. The van der Waals surface area contributed by atoms with Crippen molar-refractivity contribution >= 4 is 0 Å². The molecule has 0 aliphatic heterocycles. The maximum absolute atomic E-state index is 4.37. The molecule has 2 aromatic rings. The van der Waals surface area contributed by atoms with Gasteiger partial charge in [0, 0.05) is 25.1 Å². The van der Waals surface area contributed by atoms with Crippen molar-refractivity contribution in [2.75, 3.05) is 6.54 Å². The van der Waals surface area contributed by atoms with Gasteiger partial charge < -0.3 is 5.32 Å². The summed E-state index contributed by atoms with van der Waals surface area (Å²) in [6.07, 6.45) is 15.6. The Morgan fingerprint density at radius 1 is 1.30 bits per heavy atom. The van der Waals surface area contributed by atoms with Gasteiger partial charge in [-0.05, 0) is 49.4 Å². The molecule has 0 radical (unpaired) electrons. The lowest BCUT2D eigenvalue weighted by molar-refractivity contribution is 0.440. The number of nitrogens with zero attached hydrogens (tertiary/aromatic N) is 3. The molecule has 1 aliphatic rings. The molecule has 0 saturated heterocycles. The first-order valence-corrected chi connectivity index (χ1v) is 7.21. The maximum atomic E-state index is 4.37. The molecule has 0 unspecified atom stereocenters. The fourth-order valence-corrected chi connectivity index (χ4v) is 2.57. The minimum atomic E-state index is 0.787. The summed E-state index contributed by atoms with van der Waals surface area (Å²) in [5.74, 6) is 1.71. The normalized spacial score (nSPS) is 18.3. The third-order valence-electron chi connectivity index (χ3n) is 3.72. The molecule has 20 heavy (non-hydrogen) atoms. The molecule has 1 N–H and O–H groups in total. The molecule has 0 saturated carbocycles. The van der Waals surface area contributed by atoms with E-state index in [1.165, 1.54) is 24.8 Å². The van der Waals surface area contributed by atoms with Crippen LogP contribution in [0.25, 0.3) is 5.82 Å². The molecule has 4 nitrogen and oxygen atoms in total. The second-order valence-electron chi connectivity index (χ2n) is 5.27. The predicted octanol–water partition coefficient (Wildman–Crippen LogP) is 2.71. The van der Waals surface area contributed by atoms with Crippen LogP contribution in [0, 0.1) is 5.92 Å². The van der Waals surface area contributed by atoms with Crippen LogP contribution >= 0.6 is 0 Å². The van der Waals surface area contributed by atoms with Crippen molar-refractivity contribution in [3.8, 4) is 5.82 Å². The van der Waals surface area contributed by atoms with E-state index in [0.29, 0.717) is 0 Å². The summed E-state index contributed by atoms with van der Waals surface area (Å²) in [7, 11) is 0. The highest BCUT2D eigenvalue weighted by atomic mass is 15.1. The molecular formula is C16H20N4. The summed E-state index contributed by atoms with van der Waals surface area (Å²) in [5, 5.41) is 3.56. The van der Waals surface area contributed by atoms with Gasteiger partial charge in [-0.3, -0.25) is 4.57 Å². The van der Waals surface area contributed by atoms with Crippen LogP contribution in [0.1, 0.15) is 24.8 Å². The number of aromatic nitrogens is 3. The Kier molecular flexibility index (Phi) is 4.23. The zero-order chi connectivity index (χ0) is 13.6. The first-order chi connectivity index (χ1) is 9.92. The molecule has 1 atom stereocenters. The Morgan fingerprint density at radius 3 is 3.10 bits per heavy atom. The van der Waals surface area contributed by atoms with Crippen LogP contribution in [0.3, 0.4) is 0 Å². The summed E-state index contributed by atoms with van der Waals surface area (Å²) in [6, 6.07) is 4.17. The Labute approximate surface area is 119 Å². The van der Waals surface area contributed by atoms with Crippen molar-refractivity contribution in [2.24, 2.45) is 5.92 Å². The molecule has 0 fully saturated rings. The molecule has 2 heterocycles. The lowest BCUT2D eigenvalue weighted by Gasteiger charge is -2.18. The molecule has 2 aromatic heterocycles. The number of hydrogen-bond donors (Lipinski definition) is 1. The van der Waals surface area contributed by atoms with E-state index in [2.05, 4.69) is 39.6 Å². The van der Waals surface area contributed by atoms with E-state index in [9.17, 15) is 0 Å². The molecule has 0 amide bonds. The fraction of sp³-hybridized carbons (Fsp3) is 0.375. The Bertz CT molecular complexity index is 560. The second kappa shape index (κ2) is 6.48. The van der Waals surface area contributed by atoms with Crippen LogP contribution in [0.15, 0.2) is 49.2 Å². The van der Waals surface area contributed by atoms with Crippen LogP contribution in [0.5, 0.6) is 0 Å². The molecule has 0 aromatic carbocycles. The topological polar surface area (TPSA) is 42.7 Å². The van der Waals surface area contributed by atoms with Gasteiger partial charge >= 0.3 is 0 Å². The Balaban J connectivity index is 1.55. The highest BCUT2D eigenvalue weighted by Gasteiger charge is 2.09. The number of hydrogen-bond acceptors (Lipinski definition) is 3. The quantitative estimate of drug-likeness (QED) is 0.848. The van der Waals surface area contributed by atoms with E-state index >= 15 is 0 Å². The van der Waals surface area contributed by atoms with E-state index in [1.807, 2.05) is 17.0 Å². The van der Waals surface area contributed by atoms with Crippen molar-refractivity contribution in [3.63, 3.8) is 0 Å². The zero-order valence-corrected chi connectivity index (χ0v) is 11.6. The van der Waals surface area contributed by atoms with Crippen LogP contribution < -0.4 is 5.32 Å². The number of imidazole rings is 1. The number of pyridine rings is 1. The van der Waals surface area contributed by atoms with E-state index < -0.39 is 0 Å². The second-order valence-corrected chi connectivity index (χ2v) is 5.27. The average Bonchev–Trinajstić information content (AvgIpc) is 3.03. The number of allylic oxidation sites excluding steroid dienone is 2. The minimum Gasteiger partial charge on any atom is -0.312 e. The van der Waals surface area contributed by atoms with E-state index in [-0.39, 0.29) is 0 Å². The fourth-order valence-electron chi connectivity index (χ4n) is 2.57. The summed E-state index contributed by atoms with van der Waals surface area (Å²) in [4.78, 5) is 8.42. The molecule has 3 rings (SSSR count). The van der Waals surface area contributed by atoms with E-state index in [4.69, 9.17) is 0 Å². The SMILES string of the molecule is C1=CC[C@@H](CNCc2ccnc(-n3ccnc3)c2)CC1. The van der Waals surface area contributed by atoms with Gasteiger partial charge in [-0.25, -0.2) is 9.97 Å². The van der Waals surface area contributed by atoms with Crippen molar-refractivity contribution < 1.29 is 0 Å². The third kappa shape index (κ3) is 3.33.